The lowest BCUT2D eigenvalue weighted by molar-refractivity contribution is 0.122. The Labute approximate surface area is 120 Å². The Morgan fingerprint density at radius 2 is 1.75 bits per heavy atom. The van der Waals surface area contributed by atoms with Crippen LogP contribution in [-0.2, 0) is 11.3 Å². The van der Waals surface area contributed by atoms with Crippen LogP contribution in [0.2, 0.25) is 0 Å². The van der Waals surface area contributed by atoms with Crippen molar-refractivity contribution in [2.45, 2.75) is 20.4 Å². The van der Waals surface area contributed by atoms with Crippen molar-refractivity contribution in [3.63, 3.8) is 0 Å². The molecule has 2 aromatic rings. The van der Waals surface area contributed by atoms with Gasteiger partial charge in [0.05, 0.1) is 25.5 Å². The Bertz CT molecular complexity index is 566. The van der Waals surface area contributed by atoms with Crippen LogP contribution in [0.5, 0.6) is 0 Å². The van der Waals surface area contributed by atoms with Crippen molar-refractivity contribution in [3.05, 3.63) is 47.4 Å². The first-order chi connectivity index (χ1) is 9.74. The van der Waals surface area contributed by atoms with Gasteiger partial charge in [-0.1, -0.05) is 6.07 Å². The molecule has 0 unspecified atom stereocenters. The molecule has 0 radical (unpaired) electrons. The van der Waals surface area contributed by atoms with E-state index in [2.05, 4.69) is 53.6 Å². The SMILES string of the molecule is Cc1ccc(C)n1Cc1cccc(N2CCOCC2)n1. The molecule has 20 heavy (non-hydrogen) atoms. The van der Waals surface area contributed by atoms with E-state index in [1.54, 1.807) is 0 Å². The maximum absolute atomic E-state index is 5.39. The fraction of sp³-hybridized carbons (Fsp3) is 0.438. The highest BCUT2D eigenvalue weighted by atomic mass is 16.5. The molecule has 0 aliphatic carbocycles. The van der Waals surface area contributed by atoms with Crippen molar-refractivity contribution in [1.82, 2.24) is 9.55 Å². The third-order valence-electron chi connectivity index (χ3n) is 3.86. The summed E-state index contributed by atoms with van der Waals surface area (Å²) in [5, 5.41) is 0. The van der Waals surface area contributed by atoms with Crippen LogP contribution in [0.3, 0.4) is 0 Å². The number of aromatic nitrogens is 2. The molecule has 1 aliphatic rings. The number of morpholine rings is 1. The van der Waals surface area contributed by atoms with Gasteiger partial charge in [0.1, 0.15) is 5.82 Å². The fourth-order valence-electron chi connectivity index (χ4n) is 2.63. The smallest absolute Gasteiger partial charge is 0.129 e. The second-order valence-corrected chi connectivity index (χ2v) is 5.29. The molecular weight excluding hydrogens is 250 g/mol. The predicted octanol–water partition coefficient (Wildman–Crippen LogP) is 2.38. The van der Waals surface area contributed by atoms with E-state index in [0.29, 0.717) is 0 Å². The molecule has 2 aromatic heterocycles. The number of hydrogen-bond acceptors (Lipinski definition) is 3. The zero-order valence-corrected chi connectivity index (χ0v) is 12.2. The van der Waals surface area contributed by atoms with Crippen LogP contribution in [0, 0.1) is 13.8 Å². The number of ether oxygens (including phenoxy) is 1. The van der Waals surface area contributed by atoms with E-state index in [-0.39, 0.29) is 0 Å². The summed E-state index contributed by atoms with van der Waals surface area (Å²) < 4.78 is 7.69. The highest BCUT2D eigenvalue weighted by Crippen LogP contribution is 2.15. The lowest BCUT2D eigenvalue weighted by Crippen LogP contribution is -2.36. The molecule has 3 heterocycles. The lowest BCUT2D eigenvalue weighted by Gasteiger charge is -2.28. The number of rotatable bonds is 3. The quantitative estimate of drug-likeness (QED) is 0.858. The first kappa shape index (κ1) is 13.2. The van der Waals surface area contributed by atoms with Crippen LogP contribution in [0.15, 0.2) is 30.3 Å². The second kappa shape index (κ2) is 5.67. The van der Waals surface area contributed by atoms with Gasteiger partial charge in [0.25, 0.3) is 0 Å². The Morgan fingerprint density at radius 1 is 1.05 bits per heavy atom. The summed E-state index contributed by atoms with van der Waals surface area (Å²) in [5.41, 5.74) is 3.67. The van der Waals surface area contributed by atoms with Crippen molar-refractivity contribution < 1.29 is 4.74 Å². The number of pyridine rings is 1. The van der Waals surface area contributed by atoms with E-state index < -0.39 is 0 Å². The second-order valence-electron chi connectivity index (χ2n) is 5.29. The molecule has 1 fully saturated rings. The van der Waals surface area contributed by atoms with E-state index in [4.69, 9.17) is 9.72 Å². The molecule has 0 bridgehead atoms. The Balaban J connectivity index is 1.80. The van der Waals surface area contributed by atoms with Gasteiger partial charge in [0.15, 0.2) is 0 Å². The van der Waals surface area contributed by atoms with Crippen molar-refractivity contribution in [1.29, 1.82) is 0 Å². The van der Waals surface area contributed by atoms with Crippen molar-refractivity contribution in [2.75, 3.05) is 31.2 Å². The molecule has 106 valence electrons. The minimum absolute atomic E-state index is 0.793. The zero-order valence-electron chi connectivity index (χ0n) is 12.2. The van der Waals surface area contributed by atoms with Gasteiger partial charge in [-0.25, -0.2) is 4.98 Å². The van der Waals surface area contributed by atoms with Gasteiger partial charge < -0.3 is 14.2 Å². The van der Waals surface area contributed by atoms with E-state index >= 15 is 0 Å². The first-order valence-corrected chi connectivity index (χ1v) is 7.15. The molecule has 4 heteroatoms. The van der Waals surface area contributed by atoms with Crippen LogP contribution < -0.4 is 4.90 Å². The number of anilines is 1. The normalized spacial score (nSPS) is 15.6. The van der Waals surface area contributed by atoms with Crippen LogP contribution in [0.4, 0.5) is 5.82 Å². The maximum atomic E-state index is 5.39. The van der Waals surface area contributed by atoms with Crippen molar-refractivity contribution >= 4 is 5.82 Å². The lowest BCUT2D eigenvalue weighted by atomic mass is 10.3. The minimum Gasteiger partial charge on any atom is -0.378 e. The van der Waals surface area contributed by atoms with Gasteiger partial charge in [0.2, 0.25) is 0 Å². The first-order valence-electron chi connectivity index (χ1n) is 7.15. The molecule has 4 nitrogen and oxygen atoms in total. The minimum atomic E-state index is 0.793. The highest BCUT2D eigenvalue weighted by Gasteiger charge is 2.13. The number of aryl methyl sites for hydroxylation is 2. The molecule has 0 spiro atoms. The standard InChI is InChI=1S/C16H21N3O/c1-13-6-7-14(2)19(13)12-15-4-3-5-16(17-15)18-8-10-20-11-9-18/h3-7H,8-12H2,1-2H3. The summed E-state index contributed by atoms with van der Waals surface area (Å²) >= 11 is 0. The van der Waals surface area contributed by atoms with E-state index in [0.717, 1.165) is 44.4 Å². The van der Waals surface area contributed by atoms with Crippen molar-refractivity contribution in [2.24, 2.45) is 0 Å². The van der Waals surface area contributed by atoms with Crippen LogP contribution in [-0.4, -0.2) is 35.9 Å². The number of hydrogen-bond donors (Lipinski definition) is 0. The monoisotopic (exact) mass is 271 g/mol. The molecule has 1 saturated heterocycles. The maximum Gasteiger partial charge on any atom is 0.129 e. The summed E-state index contributed by atoms with van der Waals surface area (Å²) in [5.74, 6) is 1.06. The molecule has 0 saturated carbocycles. The van der Waals surface area contributed by atoms with E-state index in [1.807, 2.05) is 0 Å². The highest BCUT2D eigenvalue weighted by molar-refractivity contribution is 5.39. The summed E-state index contributed by atoms with van der Waals surface area (Å²) in [6.45, 7) is 8.56. The molecule has 1 aliphatic heterocycles. The average molecular weight is 271 g/mol. The Morgan fingerprint density at radius 3 is 2.45 bits per heavy atom. The average Bonchev–Trinajstić information content (AvgIpc) is 2.80. The van der Waals surface area contributed by atoms with Gasteiger partial charge in [-0.15, -0.1) is 0 Å². The summed E-state index contributed by atoms with van der Waals surface area (Å²) in [7, 11) is 0. The largest absolute Gasteiger partial charge is 0.378 e. The molecule has 3 rings (SSSR count). The topological polar surface area (TPSA) is 30.3 Å². The summed E-state index contributed by atoms with van der Waals surface area (Å²) in [4.78, 5) is 7.10. The zero-order chi connectivity index (χ0) is 13.9. The van der Waals surface area contributed by atoms with Crippen molar-refractivity contribution in [3.8, 4) is 0 Å². The van der Waals surface area contributed by atoms with Gasteiger partial charge in [-0.3, -0.25) is 0 Å². The van der Waals surface area contributed by atoms with Gasteiger partial charge in [0, 0.05) is 24.5 Å². The molecular formula is C16H21N3O. The van der Waals surface area contributed by atoms with Gasteiger partial charge in [-0.05, 0) is 38.1 Å². The number of nitrogens with zero attached hydrogens (tertiary/aromatic N) is 3. The van der Waals surface area contributed by atoms with Crippen LogP contribution >= 0.6 is 0 Å². The van der Waals surface area contributed by atoms with Crippen LogP contribution in [0.25, 0.3) is 0 Å². The molecule has 0 atom stereocenters. The molecule has 0 aromatic carbocycles. The Hall–Kier alpha value is -1.81. The van der Waals surface area contributed by atoms with E-state index in [9.17, 15) is 0 Å². The third-order valence-corrected chi connectivity index (χ3v) is 3.86. The molecule has 0 amide bonds. The predicted molar refractivity (Wildman–Crippen MR) is 80.3 cm³/mol. The summed E-state index contributed by atoms with van der Waals surface area (Å²) in [6.07, 6.45) is 0. The molecule has 0 N–H and O–H groups in total. The third kappa shape index (κ3) is 2.70. The van der Waals surface area contributed by atoms with E-state index in [1.165, 1.54) is 11.4 Å². The summed E-state index contributed by atoms with van der Waals surface area (Å²) in [6, 6.07) is 10.6. The van der Waals surface area contributed by atoms with Crippen LogP contribution in [0.1, 0.15) is 17.1 Å². The van der Waals surface area contributed by atoms with Gasteiger partial charge in [-0.2, -0.15) is 0 Å². The van der Waals surface area contributed by atoms with Gasteiger partial charge >= 0.3 is 0 Å². The fourth-order valence-corrected chi connectivity index (χ4v) is 2.63. The Kier molecular flexibility index (Phi) is 3.74.